The average Bonchev–Trinajstić information content (AvgIpc) is 0.722. The van der Waals surface area contributed by atoms with Crippen molar-refractivity contribution in [3.63, 3.8) is 0 Å². The summed E-state index contributed by atoms with van der Waals surface area (Å²) in [6.07, 6.45) is 0. The van der Waals surface area contributed by atoms with E-state index in [1.807, 2.05) is 0 Å². The van der Waals surface area contributed by atoms with E-state index in [9.17, 15) is 0 Å². The van der Waals surface area contributed by atoms with Crippen LogP contribution in [0, 0.1) is 0 Å². The van der Waals surface area contributed by atoms with Crippen LogP contribution in [0.1, 0.15) is 0 Å². The quantitative estimate of drug-likeness (QED) is 0.486. The molecule has 0 amide bonds. The monoisotopic (exact) mass is 215 g/mol. The molecular weight excluding hydrogens is 215 g/mol. The van der Waals surface area contributed by atoms with E-state index in [1.165, 1.54) is 0 Å². The van der Waals surface area contributed by atoms with E-state index in [4.69, 9.17) is 13.3 Å². The zero-order chi connectivity index (χ0) is 4.50. The molecule has 1 radical (unpaired) electrons. The molecule has 0 aliphatic heterocycles. The molecule has 0 saturated carbocycles. The molecule has 3 nitrogen and oxygen atoms in total. The van der Waals surface area contributed by atoms with Crippen LogP contribution in [0.3, 0.4) is 0 Å². The van der Waals surface area contributed by atoms with Crippen LogP contribution < -0.4 is 0 Å². The van der Waals surface area contributed by atoms with Crippen LogP contribution in [-0.2, 0) is 39.7 Å². The van der Waals surface area contributed by atoms with Gasteiger partial charge in [-0.05, 0) is 11.2 Å². The van der Waals surface area contributed by atoms with Crippen molar-refractivity contribution in [2.75, 3.05) is 0 Å². The molecule has 0 spiro atoms. The van der Waals surface area contributed by atoms with Gasteiger partial charge in [0, 0.05) is 0 Å². The van der Waals surface area contributed by atoms with E-state index in [2.05, 4.69) is 11.2 Å². The fraction of sp³-hybridized carbons (Fsp3) is 0. The summed E-state index contributed by atoms with van der Waals surface area (Å²) < 4.78 is 26.7. The van der Waals surface area contributed by atoms with Crippen molar-refractivity contribution in [3.8, 4) is 0 Å². The van der Waals surface area contributed by atoms with Crippen molar-refractivity contribution in [3.05, 3.63) is 0 Å². The number of hydrogen-bond donors (Lipinski definition) is 0. The van der Waals surface area contributed by atoms with Crippen LogP contribution >= 0.6 is 0 Å². The summed E-state index contributed by atoms with van der Waals surface area (Å²) in [6.45, 7) is 0. The SMILES string of the molecule is O=S([O-])([O-])=S.[Rh+2]. The molecule has 39 valence electrons. The molecule has 0 saturated heterocycles. The maximum absolute atomic E-state index is 8.89. The smallest absolute Gasteiger partial charge is 0.780 e. The molecule has 0 aromatic carbocycles. The largest absolute Gasteiger partial charge is 2.00 e. The van der Waals surface area contributed by atoms with Crippen molar-refractivity contribution in [2.45, 2.75) is 0 Å². The zero-order valence-electron chi connectivity index (χ0n) is 2.37. The fourth-order valence-corrected chi connectivity index (χ4v) is 0. The van der Waals surface area contributed by atoms with Crippen LogP contribution in [0.4, 0.5) is 0 Å². The summed E-state index contributed by atoms with van der Waals surface area (Å²) in [5.41, 5.74) is 0. The molecule has 0 aromatic heterocycles. The Kier molecular flexibility index (Phi) is 4.98. The second-order valence-electron chi connectivity index (χ2n) is 0.408. The summed E-state index contributed by atoms with van der Waals surface area (Å²) in [6, 6.07) is 0. The van der Waals surface area contributed by atoms with Crippen LogP contribution in [0.25, 0.3) is 0 Å². The van der Waals surface area contributed by atoms with Crippen molar-refractivity contribution < 1.29 is 32.8 Å². The van der Waals surface area contributed by atoms with Gasteiger partial charge < -0.3 is 9.11 Å². The van der Waals surface area contributed by atoms with Gasteiger partial charge in [0.25, 0.3) is 0 Å². The third kappa shape index (κ3) is 90.2. The summed E-state index contributed by atoms with van der Waals surface area (Å²) in [7, 11) is -4.33. The van der Waals surface area contributed by atoms with E-state index in [1.54, 1.807) is 0 Å². The van der Waals surface area contributed by atoms with Gasteiger partial charge in [0.1, 0.15) is 0 Å². The summed E-state index contributed by atoms with van der Waals surface area (Å²) in [5, 5.41) is 0. The van der Waals surface area contributed by atoms with E-state index in [0.29, 0.717) is 0 Å². The topological polar surface area (TPSA) is 63.2 Å². The van der Waals surface area contributed by atoms with Crippen LogP contribution in [0.2, 0.25) is 0 Å². The fourth-order valence-electron chi connectivity index (χ4n) is 0. The van der Waals surface area contributed by atoms with Gasteiger partial charge in [-0.2, -0.15) is 0 Å². The van der Waals surface area contributed by atoms with Gasteiger partial charge in [-0.3, -0.25) is 4.21 Å². The number of hydrogen-bond acceptors (Lipinski definition) is 4. The van der Waals surface area contributed by atoms with E-state index >= 15 is 0 Å². The first-order valence-corrected chi connectivity index (χ1v) is 3.00. The normalized spacial score (nSPS) is 9.67. The first-order valence-electron chi connectivity index (χ1n) is 0.667. The van der Waals surface area contributed by atoms with E-state index < -0.39 is 9.05 Å². The molecule has 0 rings (SSSR count). The molecule has 6 heavy (non-hydrogen) atoms. The van der Waals surface area contributed by atoms with Crippen LogP contribution in [-0.4, -0.2) is 13.3 Å². The Morgan fingerprint density at radius 1 is 1.50 bits per heavy atom. The van der Waals surface area contributed by atoms with Crippen molar-refractivity contribution in [1.29, 1.82) is 0 Å². The van der Waals surface area contributed by atoms with Crippen molar-refractivity contribution in [2.24, 2.45) is 0 Å². The predicted molar refractivity (Wildman–Crippen MR) is 17.1 cm³/mol. The maximum atomic E-state index is 8.89. The molecule has 0 bridgehead atoms. The molecule has 6 heteroatoms. The van der Waals surface area contributed by atoms with Crippen molar-refractivity contribution in [1.82, 2.24) is 0 Å². The molecule has 0 unspecified atom stereocenters. The van der Waals surface area contributed by atoms with Gasteiger partial charge in [0.15, 0.2) is 0 Å². The first kappa shape index (κ1) is 10.0. The Labute approximate surface area is 53.2 Å². The second kappa shape index (κ2) is 2.99. The van der Waals surface area contributed by atoms with Gasteiger partial charge in [-0.15, -0.1) is 9.05 Å². The molecule has 0 N–H and O–H groups in total. The molecule has 0 fully saturated rings. The molecular formula is O3RhS2. The first-order chi connectivity index (χ1) is 2.00. The summed E-state index contributed by atoms with van der Waals surface area (Å²) >= 11 is 3.24. The third-order valence-electron chi connectivity index (χ3n) is 0. The van der Waals surface area contributed by atoms with E-state index in [0.717, 1.165) is 0 Å². The van der Waals surface area contributed by atoms with Crippen molar-refractivity contribution >= 4 is 20.2 Å². The van der Waals surface area contributed by atoms with Gasteiger partial charge in [-0.25, -0.2) is 0 Å². The van der Waals surface area contributed by atoms with Gasteiger partial charge in [-0.1, -0.05) is 0 Å². The second-order valence-corrected chi connectivity index (χ2v) is 2.45. The number of rotatable bonds is 0. The molecule has 0 heterocycles. The Bertz CT molecular complexity index is 92.0. The Hall–Kier alpha value is 0.913. The minimum Gasteiger partial charge on any atom is -0.780 e. The maximum Gasteiger partial charge on any atom is 2.00 e. The third-order valence-corrected chi connectivity index (χ3v) is 0. The van der Waals surface area contributed by atoms with Crippen LogP contribution in [0.15, 0.2) is 0 Å². The van der Waals surface area contributed by atoms with Gasteiger partial charge in [0.2, 0.25) is 0 Å². The van der Waals surface area contributed by atoms with Gasteiger partial charge >= 0.3 is 19.5 Å². The standard InChI is InChI=1S/H2O3S2.Rh/c1-5(2,3)4;/h(H2,1,2,3,4);/q;+2/p-2. The van der Waals surface area contributed by atoms with Crippen LogP contribution in [0.5, 0.6) is 0 Å². The zero-order valence-corrected chi connectivity index (χ0v) is 5.65. The minimum absolute atomic E-state index is 0. The average molecular weight is 215 g/mol. The predicted octanol–water partition coefficient (Wildman–Crippen LogP) is -1.01. The van der Waals surface area contributed by atoms with E-state index in [-0.39, 0.29) is 19.5 Å². The Morgan fingerprint density at radius 3 is 1.50 bits per heavy atom. The molecule has 0 aliphatic rings. The summed E-state index contributed by atoms with van der Waals surface area (Å²) in [5.74, 6) is 0. The van der Waals surface area contributed by atoms with Gasteiger partial charge in [0.05, 0.1) is 0 Å². The summed E-state index contributed by atoms with van der Waals surface area (Å²) in [4.78, 5) is 0. The molecule has 0 aromatic rings. The molecule has 0 atom stereocenters. The minimum atomic E-state index is -4.33. The molecule has 0 aliphatic carbocycles. The Morgan fingerprint density at radius 2 is 1.50 bits per heavy atom. The Balaban J connectivity index is 0.